The Morgan fingerprint density at radius 3 is 2.55 bits per heavy atom. The molecule has 2 saturated heterocycles. The number of hydrogen-bond acceptors (Lipinski definition) is 6. The molecule has 9 heteroatoms. The largest absolute Gasteiger partial charge is 0.370 e. The van der Waals surface area contributed by atoms with Gasteiger partial charge in [0, 0.05) is 48.2 Å². The van der Waals surface area contributed by atoms with Crippen LogP contribution in [0.1, 0.15) is 29.8 Å². The normalized spacial score (nSPS) is 17.7. The van der Waals surface area contributed by atoms with Crippen molar-refractivity contribution in [3.8, 4) is 21.8 Å². The average molecular weight is 482 g/mol. The minimum atomic E-state index is -0.594. The number of primary amides is 1. The number of likely N-dealkylation sites (tertiary alicyclic amines) is 1. The lowest BCUT2D eigenvalue weighted by Gasteiger charge is -2.39. The number of carbonyl (C=O) groups excluding carboxylic acids is 2. The monoisotopic (exact) mass is 481 g/mol. The molecule has 3 aromatic rings. The van der Waals surface area contributed by atoms with Crippen LogP contribution < -0.4 is 10.6 Å². The lowest BCUT2D eigenvalue weighted by Crippen LogP contribution is -2.44. The zero-order valence-corrected chi connectivity index (χ0v) is 19.8. The molecule has 2 amide bonds. The van der Waals surface area contributed by atoms with Gasteiger partial charge >= 0.3 is 0 Å². The van der Waals surface area contributed by atoms with Crippen molar-refractivity contribution in [2.75, 3.05) is 31.6 Å². The highest BCUT2D eigenvalue weighted by atomic mass is 35.5. The van der Waals surface area contributed by atoms with Crippen molar-refractivity contribution < 1.29 is 9.59 Å². The molecule has 0 radical (unpaired) electrons. The van der Waals surface area contributed by atoms with Crippen molar-refractivity contribution in [2.45, 2.75) is 19.3 Å². The number of hydrogen-bond donors (Lipinski definition) is 1. The predicted molar refractivity (Wildman–Crippen MR) is 130 cm³/mol. The van der Waals surface area contributed by atoms with Gasteiger partial charge in [-0.3, -0.25) is 9.59 Å². The van der Waals surface area contributed by atoms with Crippen molar-refractivity contribution in [3.63, 3.8) is 0 Å². The molecule has 0 unspecified atom stereocenters. The second-order valence-electron chi connectivity index (χ2n) is 8.72. The van der Waals surface area contributed by atoms with Gasteiger partial charge in [-0.15, -0.1) is 11.3 Å². The summed E-state index contributed by atoms with van der Waals surface area (Å²) in [4.78, 5) is 38.0. The van der Waals surface area contributed by atoms with Gasteiger partial charge in [0.05, 0.1) is 23.0 Å². The molecule has 2 aliphatic rings. The molecular formula is C24H24ClN5O2S. The van der Waals surface area contributed by atoms with E-state index in [9.17, 15) is 9.59 Å². The third kappa shape index (κ3) is 3.87. The van der Waals surface area contributed by atoms with E-state index in [2.05, 4.69) is 9.88 Å². The van der Waals surface area contributed by atoms with Gasteiger partial charge in [0.1, 0.15) is 10.7 Å². The Bertz CT molecular complexity index is 1240. The molecule has 0 aliphatic carbocycles. The van der Waals surface area contributed by atoms with E-state index in [1.165, 1.54) is 11.3 Å². The maximum Gasteiger partial charge on any atom is 0.268 e. The third-order valence-electron chi connectivity index (χ3n) is 6.80. The second kappa shape index (κ2) is 8.43. The van der Waals surface area contributed by atoms with Crippen LogP contribution in [0.25, 0.3) is 21.8 Å². The van der Waals surface area contributed by atoms with Gasteiger partial charge in [0.25, 0.3) is 5.91 Å². The summed E-state index contributed by atoms with van der Waals surface area (Å²) < 4.78 is 0. The van der Waals surface area contributed by atoms with E-state index >= 15 is 0 Å². The van der Waals surface area contributed by atoms with Crippen LogP contribution in [0.2, 0.25) is 5.02 Å². The molecule has 33 heavy (non-hydrogen) atoms. The number of anilines is 1. The van der Waals surface area contributed by atoms with Crippen LogP contribution in [0.4, 0.5) is 5.69 Å². The number of halogens is 1. The summed E-state index contributed by atoms with van der Waals surface area (Å²) in [7, 11) is 1.88. The first kappa shape index (κ1) is 21.9. The van der Waals surface area contributed by atoms with Gasteiger partial charge in [-0.05, 0) is 31.4 Å². The molecule has 7 nitrogen and oxygen atoms in total. The van der Waals surface area contributed by atoms with Gasteiger partial charge in [-0.1, -0.05) is 29.8 Å². The van der Waals surface area contributed by atoms with Crippen molar-refractivity contribution in [2.24, 2.45) is 11.1 Å². The number of aromatic nitrogens is 2. The Balaban J connectivity index is 1.44. The molecule has 0 saturated carbocycles. The Morgan fingerprint density at radius 2 is 1.88 bits per heavy atom. The van der Waals surface area contributed by atoms with Gasteiger partial charge in [0.2, 0.25) is 5.91 Å². The first-order valence-corrected chi connectivity index (χ1v) is 12.1. The number of nitrogens with two attached hydrogens (primary N) is 1. The van der Waals surface area contributed by atoms with E-state index < -0.39 is 5.91 Å². The lowest BCUT2D eigenvalue weighted by atomic mass is 9.77. The van der Waals surface area contributed by atoms with Crippen molar-refractivity contribution in [3.05, 3.63) is 52.6 Å². The van der Waals surface area contributed by atoms with Crippen LogP contribution in [0, 0.1) is 5.41 Å². The highest BCUT2D eigenvalue weighted by molar-refractivity contribution is 7.13. The first-order chi connectivity index (χ1) is 15.9. The molecular weight excluding hydrogens is 458 g/mol. The van der Waals surface area contributed by atoms with Crippen molar-refractivity contribution in [1.82, 2.24) is 14.9 Å². The summed E-state index contributed by atoms with van der Waals surface area (Å²) in [5, 5.41) is 3.20. The highest BCUT2D eigenvalue weighted by Crippen LogP contribution is 2.42. The van der Waals surface area contributed by atoms with Gasteiger partial charge < -0.3 is 15.5 Å². The number of carbonyl (C=O) groups is 2. The number of nitrogens with zero attached hydrogens (tertiary/aromatic N) is 4. The molecule has 1 aromatic carbocycles. The van der Waals surface area contributed by atoms with Gasteiger partial charge in [-0.2, -0.15) is 0 Å². The molecule has 2 N–H and O–H groups in total. The average Bonchev–Trinajstić information content (AvgIpc) is 3.41. The molecule has 0 bridgehead atoms. The fourth-order valence-electron chi connectivity index (χ4n) is 4.83. The number of thiazole rings is 1. The number of amides is 2. The smallest absolute Gasteiger partial charge is 0.268 e. The van der Waals surface area contributed by atoms with Crippen LogP contribution in [0.3, 0.4) is 0 Å². The molecule has 2 aliphatic heterocycles. The Morgan fingerprint density at radius 1 is 1.15 bits per heavy atom. The van der Waals surface area contributed by atoms with Crippen molar-refractivity contribution >= 4 is 40.4 Å². The Kier molecular flexibility index (Phi) is 5.58. The summed E-state index contributed by atoms with van der Waals surface area (Å²) in [5.74, 6) is -0.330. The van der Waals surface area contributed by atoms with Crippen LogP contribution in [0.15, 0.2) is 41.9 Å². The summed E-state index contributed by atoms with van der Waals surface area (Å²) >= 11 is 7.76. The maximum atomic E-state index is 12.7. The highest BCUT2D eigenvalue weighted by Gasteiger charge is 2.46. The van der Waals surface area contributed by atoms with Crippen LogP contribution >= 0.6 is 22.9 Å². The second-order valence-corrected chi connectivity index (χ2v) is 9.98. The number of pyridine rings is 1. The molecule has 5 rings (SSSR count). The fraction of sp³-hybridized carbons (Fsp3) is 0.333. The zero-order valence-electron chi connectivity index (χ0n) is 18.3. The third-order valence-corrected chi connectivity index (χ3v) is 8.01. The molecule has 170 valence electrons. The fourth-order valence-corrected chi connectivity index (χ4v) is 5.90. The lowest BCUT2D eigenvalue weighted by molar-refractivity contribution is -0.135. The number of benzene rings is 1. The number of rotatable bonds is 4. The van der Waals surface area contributed by atoms with Crippen LogP contribution in [-0.4, -0.2) is 53.4 Å². The molecule has 0 atom stereocenters. The number of piperidine rings is 1. The summed E-state index contributed by atoms with van der Waals surface area (Å²) in [5.41, 5.74) is 8.68. The summed E-state index contributed by atoms with van der Waals surface area (Å²) in [6.07, 6.45) is 4.24. The first-order valence-electron chi connectivity index (χ1n) is 10.9. The molecule has 2 fully saturated rings. The topological polar surface area (TPSA) is 92.4 Å². The van der Waals surface area contributed by atoms with E-state index in [1.807, 2.05) is 47.7 Å². The van der Waals surface area contributed by atoms with Crippen LogP contribution in [0.5, 0.6) is 0 Å². The van der Waals surface area contributed by atoms with Gasteiger partial charge in [0.15, 0.2) is 0 Å². The minimum absolute atomic E-state index is 0.194. The van der Waals surface area contributed by atoms with Crippen LogP contribution in [-0.2, 0) is 4.79 Å². The van der Waals surface area contributed by atoms with E-state index in [0.717, 1.165) is 55.8 Å². The van der Waals surface area contributed by atoms with Gasteiger partial charge in [-0.25, -0.2) is 9.97 Å². The van der Waals surface area contributed by atoms with E-state index in [0.29, 0.717) is 15.6 Å². The Labute approximate surface area is 201 Å². The van der Waals surface area contributed by atoms with E-state index in [-0.39, 0.29) is 17.0 Å². The summed E-state index contributed by atoms with van der Waals surface area (Å²) in [6.45, 7) is 2.36. The minimum Gasteiger partial charge on any atom is -0.370 e. The maximum absolute atomic E-state index is 12.7. The molecule has 2 aromatic heterocycles. The van der Waals surface area contributed by atoms with E-state index in [4.69, 9.17) is 22.3 Å². The van der Waals surface area contributed by atoms with Crippen molar-refractivity contribution in [1.29, 1.82) is 0 Å². The quantitative estimate of drug-likeness (QED) is 0.606. The molecule has 1 spiro atoms. The van der Waals surface area contributed by atoms with E-state index in [1.54, 1.807) is 6.20 Å². The Hall–Kier alpha value is -2.97. The SMILES string of the molecule is CN1CCC2(CCN(c3cnc(C(N)=O)c(-c4nc(-c5ccccc5Cl)cs4)c3)CC2)C1=O. The standard InChI is InChI=1S/C24H24ClN5O2S/c1-29-9-6-24(23(29)32)7-10-30(11-8-24)15-12-17(20(21(26)31)27-13-15)22-28-19(14-33-22)16-4-2-3-5-18(16)25/h2-5,12-14H,6-11H2,1H3,(H2,26,31). The zero-order chi connectivity index (χ0) is 23.2. The molecule has 4 heterocycles. The predicted octanol–water partition coefficient (Wildman–Crippen LogP) is 4.07. The summed E-state index contributed by atoms with van der Waals surface area (Å²) in [6, 6.07) is 9.45.